The maximum atomic E-state index is 12.6. The number of carbonyl (C=O) groups excluding carboxylic acids is 2. The van der Waals surface area contributed by atoms with E-state index in [4.69, 9.17) is 0 Å². The van der Waals surface area contributed by atoms with Gasteiger partial charge in [0.25, 0.3) is 11.8 Å². The van der Waals surface area contributed by atoms with E-state index in [9.17, 15) is 9.59 Å². The molecule has 4 heterocycles. The van der Waals surface area contributed by atoms with Gasteiger partial charge >= 0.3 is 0 Å². The van der Waals surface area contributed by atoms with Gasteiger partial charge in [-0.25, -0.2) is 4.98 Å². The van der Waals surface area contributed by atoms with E-state index in [1.54, 1.807) is 23.1 Å². The fourth-order valence-electron chi connectivity index (χ4n) is 3.25. The molecule has 0 spiro atoms. The molecule has 0 radical (unpaired) electrons. The van der Waals surface area contributed by atoms with E-state index in [-0.39, 0.29) is 23.6 Å². The summed E-state index contributed by atoms with van der Waals surface area (Å²) in [7, 11) is 0. The smallest absolute Gasteiger partial charge is 0.272 e. The van der Waals surface area contributed by atoms with Gasteiger partial charge < -0.3 is 10.2 Å². The summed E-state index contributed by atoms with van der Waals surface area (Å²) in [6.45, 7) is 3.32. The van der Waals surface area contributed by atoms with Crippen molar-refractivity contribution in [3.63, 3.8) is 0 Å². The van der Waals surface area contributed by atoms with E-state index in [1.807, 2.05) is 35.7 Å². The topological polar surface area (TPSA) is 92.5 Å². The number of pyridine rings is 2. The van der Waals surface area contributed by atoms with Crippen LogP contribution in [-0.4, -0.2) is 49.4 Å². The second kappa shape index (κ2) is 7.14. The van der Waals surface area contributed by atoms with E-state index in [1.165, 1.54) is 0 Å². The van der Waals surface area contributed by atoms with Crippen LogP contribution in [0.5, 0.6) is 0 Å². The molecule has 1 aliphatic rings. The van der Waals surface area contributed by atoms with Crippen LogP contribution < -0.4 is 5.32 Å². The maximum absolute atomic E-state index is 12.6. The molecule has 1 N–H and O–H groups in total. The minimum Gasteiger partial charge on any atom is -0.341 e. The lowest BCUT2D eigenvalue weighted by atomic mass is 10.2. The molecule has 3 aromatic heterocycles. The molecule has 27 heavy (non-hydrogen) atoms. The Hall–Kier alpha value is -3.29. The first kappa shape index (κ1) is 17.1. The molecule has 8 heteroatoms. The molecule has 8 nitrogen and oxygen atoms in total. The lowest BCUT2D eigenvalue weighted by Gasteiger charge is -2.15. The third kappa shape index (κ3) is 3.38. The highest BCUT2D eigenvalue weighted by atomic mass is 16.2. The Morgan fingerprint density at radius 3 is 2.63 bits per heavy atom. The van der Waals surface area contributed by atoms with Gasteiger partial charge in [0.1, 0.15) is 11.4 Å². The third-order valence-electron chi connectivity index (χ3n) is 4.67. The van der Waals surface area contributed by atoms with Crippen LogP contribution in [0.15, 0.2) is 42.6 Å². The van der Waals surface area contributed by atoms with Crippen molar-refractivity contribution in [3.05, 3.63) is 59.8 Å². The zero-order valence-corrected chi connectivity index (χ0v) is 15.0. The van der Waals surface area contributed by atoms with Crippen molar-refractivity contribution < 1.29 is 9.59 Å². The Kier molecular flexibility index (Phi) is 4.53. The van der Waals surface area contributed by atoms with E-state index in [2.05, 4.69) is 20.5 Å². The number of fused-ring (bicyclic) bond motifs is 1. The van der Waals surface area contributed by atoms with Gasteiger partial charge in [-0.1, -0.05) is 12.1 Å². The van der Waals surface area contributed by atoms with Gasteiger partial charge in [-0.2, -0.15) is 0 Å². The first-order valence-electron chi connectivity index (χ1n) is 9.00. The van der Waals surface area contributed by atoms with Crippen LogP contribution >= 0.6 is 0 Å². The Morgan fingerprint density at radius 1 is 1.04 bits per heavy atom. The monoisotopic (exact) mass is 364 g/mol. The minimum absolute atomic E-state index is 0.126. The van der Waals surface area contributed by atoms with Crippen LogP contribution in [-0.2, 0) is 0 Å². The molecule has 1 saturated heterocycles. The normalized spacial score (nSPS) is 15.1. The highest BCUT2D eigenvalue weighted by Gasteiger charge is 2.22. The van der Waals surface area contributed by atoms with Gasteiger partial charge in [0.2, 0.25) is 0 Å². The number of hydrogen-bond acceptors (Lipinski definition) is 5. The largest absolute Gasteiger partial charge is 0.341 e. The molecule has 138 valence electrons. The van der Waals surface area contributed by atoms with Gasteiger partial charge in [-0.15, -0.1) is 10.2 Å². The Balaban J connectivity index is 1.51. The first-order chi connectivity index (χ1) is 13.1. The second-order valence-corrected chi connectivity index (χ2v) is 6.59. The fourth-order valence-corrected chi connectivity index (χ4v) is 3.25. The maximum Gasteiger partial charge on any atom is 0.272 e. The molecule has 1 unspecified atom stereocenters. The Morgan fingerprint density at radius 2 is 1.81 bits per heavy atom. The molecule has 1 fully saturated rings. The molecule has 3 aromatic rings. The van der Waals surface area contributed by atoms with Crippen LogP contribution in [0.1, 0.15) is 52.6 Å². The quantitative estimate of drug-likeness (QED) is 0.763. The van der Waals surface area contributed by atoms with E-state index in [0.717, 1.165) is 25.9 Å². The van der Waals surface area contributed by atoms with Crippen LogP contribution in [0.2, 0.25) is 0 Å². The number of nitrogens with one attached hydrogen (secondary N) is 1. The van der Waals surface area contributed by atoms with Gasteiger partial charge in [-0.3, -0.25) is 14.0 Å². The highest BCUT2D eigenvalue weighted by Crippen LogP contribution is 2.14. The molecule has 0 bridgehead atoms. The average molecular weight is 364 g/mol. The first-order valence-corrected chi connectivity index (χ1v) is 9.00. The van der Waals surface area contributed by atoms with Crippen LogP contribution in [0.25, 0.3) is 5.65 Å². The van der Waals surface area contributed by atoms with Crippen molar-refractivity contribution in [1.29, 1.82) is 0 Å². The number of hydrogen-bond donors (Lipinski definition) is 1. The SMILES string of the molecule is CC(NC(=O)c1cccc(C(=O)N2CCCC2)n1)c1nnc2ccccn12. The lowest BCUT2D eigenvalue weighted by Crippen LogP contribution is -2.31. The molecular formula is C19H20N6O2. The second-order valence-electron chi connectivity index (χ2n) is 6.59. The minimum atomic E-state index is -0.366. The van der Waals surface area contributed by atoms with Crippen molar-refractivity contribution in [1.82, 2.24) is 29.8 Å². The summed E-state index contributed by atoms with van der Waals surface area (Å²) < 4.78 is 1.83. The standard InChI is InChI=1S/C19H20N6O2/c1-13(17-23-22-16-9-2-3-12-25(16)17)20-18(26)14-7-6-8-15(21-14)19(27)24-10-4-5-11-24/h2-3,6-9,12-13H,4-5,10-11H2,1H3,(H,20,26). The zero-order valence-electron chi connectivity index (χ0n) is 15.0. The van der Waals surface area contributed by atoms with Crippen LogP contribution in [0.3, 0.4) is 0 Å². The van der Waals surface area contributed by atoms with Crippen molar-refractivity contribution >= 4 is 17.5 Å². The molecule has 0 saturated carbocycles. The molecule has 2 amide bonds. The predicted molar refractivity (Wildman–Crippen MR) is 98.2 cm³/mol. The van der Waals surface area contributed by atoms with Crippen LogP contribution in [0.4, 0.5) is 0 Å². The number of aromatic nitrogens is 4. The van der Waals surface area contributed by atoms with Crippen molar-refractivity contribution in [2.75, 3.05) is 13.1 Å². The molecule has 4 rings (SSSR count). The van der Waals surface area contributed by atoms with E-state index >= 15 is 0 Å². The summed E-state index contributed by atoms with van der Waals surface area (Å²) in [6, 6.07) is 10.2. The molecular weight excluding hydrogens is 344 g/mol. The summed E-state index contributed by atoms with van der Waals surface area (Å²) in [6.07, 6.45) is 3.87. The predicted octanol–water partition coefficient (Wildman–Crippen LogP) is 1.85. The molecule has 0 aliphatic carbocycles. The number of nitrogens with zero attached hydrogens (tertiary/aromatic N) is 5. The Bertz CT molecular complexity index is 993. The molecule has 0 aromatic carbocycles. The summed E-state index contributed by atoms with van der Waals surface area (Å²) >= 11 is 0. The summed E-state index contributed by atoms with van der Waals surface area (Å²) in [4.78, 5) is 31.2. The summed E-state index contributed by atoms with van der Waals surface area (Å²) in [5.74, 6) is 0.146. The van der Waals surface area contributed by atoms with Crippen molar-refractivity contribution in [2.24, 2.45) is 0 Å². The number of rotatable bonds is 4. The van der Waals surface area contributed by atoms with Crippen LogP contribution in [0, 0.1) is 0 Å². The molecule has 1 atom stereocenters. The van der Waals surface area contributed by atoms with Gasteiger partial charge in [0, 0.05) is 19.3 Å². The summed E-state index contributed by atoms with van der Waals surface area (Å²) in [5, 5.41) is 11.1. The number of carbonyl (C=O) groups is 2. The lowest BCUT2D eigenvalue weighted by molar-refractivity contribution is 0.0787. The summed E-state index contributed by atoms with van der Waals surface area (Å²) in [5.41, 5.74) is 1.22. The average Bonchev–Trinajstić information content (AvgIpc) is 3.37. The number of likely N-dealkylation sites (tertiary alicyclic amines) is 1. The third-order valence-corrected chi connectivity index (χ3v) is 4.67. The Labute approximate surface area is 156 Å². The van der Waals surface area contributed by atoms with E-state index < -0.39 is 0 Å². The van der Waals surface area contributed by atoms with Crippen molar-refractivity contribution in [3.8, 4) is 0 Å². The van der Waals surface area contributed by atoms with Crippen molar-refractivity contribution in [2.45, 2.75) is 25.8 Å². The van der Waals surface area contributed by atoms with Gasteiger partial charge in [-0.05, 0) is 44.0 Å². The number of amides is 2. The van der Waals surface area contributed by atoms with Gasteiger partial charge in [0.15, 0.2) is 11.5 Å². The fraction of sp³-hybridized carbons (Fsp3) is 0.316. The van der Waals surface area contributed by atoms with E-state index in [0.29, 0.717) is 17.2 Å². The zero-order chi connectivity index (χ0) is 18.8. The highest BCUT2D eigenvalue weighted by molar-refractivity contribution is 5.96. The molecule has 1 aliphatic heterocycles. The van der Waals surface area contributed by atoms with Gasteiger partial charge in [0.05, 0.1) is 6.04 Å².